The molecule has 0 heterocycles. The number of hydrogen-bond donors (Lipinski definition) is 1. The van der Waals surface area contributed by atoms with Gasteiger partial charge in [-0.3, -0.25) is 0 Å². The van der Waals surface area contributed by atoms with Crippen LogP contribution < -0.4 is 40.0 Å². The van der Waals surface area contributed by atoms with Crippen LogP contribution in [0.25, 0.3) is 0 Å². The summed E-state index contributed by atoms with van der Waals surface area (Å²) in [6, 6.07) is 19.9. The largest absolute Gasteiger partial charge is 1.00 e. The van der Waals surface area contributed by atoms with Crippen LogP contribution >= 0.6 is 0 Å². The first-order chi connectivity index (χ1) is 8.72. The van der Waals surface area contributed by atoms with E-state index >= 15 is 0 Å². The molecule has 2 aromatic carbocycles. The molecule has 98 valence electrons. The van der Waals surface area contributed by atoms with Gasteiger partial charge in [-0.1, -0.05) is 43.3 Å². The Morgan fingerprint density at radius 1 is 0.947 bits per heavy atom. The second-order valence-corrected chi connectivity index (χ2v) is 4.11. The van der Waals surface area contributed by atoms with Gasteiger partial charge in [0.2, 0.25) is 0 Å². The fraction of sp³-hybridized carbons (Fsp3) is 0.250. The first-order valence-electron chi connectivity index (χ1n) is 6.26. The Morgan fingerprint density at radius 3 is 1.53 bits per heavy atom. The molecule has 0 bridgehead atoms. The van der Waals surface area contributed by atoms with E-state index in [0.29, 0.717) is 6.04 Å². The van der Waals surface area contributed by atoms with Crippen LogP contribution in [-0.4, -0.2) is 6.04 Å². The van der Waals surface area contributed by atoms with Gasteiger partial charge < -0.3 is 11.9 Å². The molecule has 2 aromatic rings. The molecule has 0 spiro atoms. The van der Waals surface area contributed by atoms with Crippen LogP contribution in [0, 0.1) is 0 Å². The van der Waals surface area contributed by atoms with Gasteiger partial charge in [0.15, 0.2) is 0 Å². The summed E-state index contributed by atoms with van der Waals surface area (Å²) in [5.41, 5.74) is 5.29. The van der Waals surface area contributed by atoms with Crippen molar-refractivity contribution in [3.8, 4) is 11.5 Å². The molecule has 1 atom stereocenters. The third-order valence-corrected chi connectivity index (χ3v) is 2.37. The third kappa shape index (κ3) is 8.84. The predicted molar refractivity (Wildman–Crippen MR) is 78.0 cm³/mol. The summed E-state index contributed by atoms with van der Waals surface area (Å²) in [6.45, 7) is 4.07. The smallest absolute Gasteiger partial charge is 1.00 e. The molecule has 2 rings (SSSR count). The molecule has 3 heteroatoms. The Hall–Kier alpha value is -0.800. The molecular weight excluding hydrogens is 245 g/mol. The molecule has 0 aliphatic rings. The first kappa shape index (κ1) is 18.2. The van der Waals surface area contributed by atoms with Gasteiger partial charge in [0.1, 0.15) is 11.5 Å². The van der Waals surface area contributed by atoms with E-state index in [1.165, 1.54) is 0 Å². The van der Waals surface area contributed by atoms with Gasteiger partial charge in [-0.15, -0.1) is 0 Å². The van der Waals surface area contributed by atoms with Gasteiger partial charge in [-0.2, -0.15) is 0 Å². The third-order valence-electron chi connectivity index (χ3n) is 2.37. The summed E-state index contributed by atoms with van der Waals surface area (Å²) in [4.78, 5) is 0. The Morgan fingerprint density at radius 2 is 1.26 bits per heavy atom. The maximum Gasteiger partial charge on any atom is 1.00 e. The first-order valence-corrected chi connectivity index (χ1v) is 6.26. The van der Waals surface area contributed by atoms with Crippen LogP contribution in [0.2, 0.25) is 0 Å². The number of rotatable bonds is 3. The van der Waals surface area contributed by atoms with Crippen LogP contribution in [0.3, 0.4) is 0 Å². The number of hydrogen-bond acceptors (Lipinski definition) is 2. The zero-order chi connectivity index (χ0) is 13.2. The van der Waals surface area contributed by atoms with Crippen molar-refractivity contribution in [3.05, 3.63) is 60.7 Å². The molecule has 0 saturated carbocycles. The average Bonchev–Trinajstić information content (AvgIpc) is 2.42. The summed E-state index contributed by atoms with van der Waals surface area (Å²) < 4.78 is 5.58. The van der Waals surface area contributed by atoms with Crippen molar-refractivity contribution in [2.45, 2.75) is 26.3 Å². The van der Waals surface area contributed by atoms with Gasteiger partial charge in [0, 0.05) is 6.04 Å². The normalized spacial score (nSPS) is 10.5. The van der Waals surface area contributed by atoms with Crippen molar-refractivity contribution in [2.24, 2.45) is 5.73 Å². The molecule has 0 saturated heterocycles. The summed E-state index contributed by atoms with van der Waals surface area (Å²) in [5.74, 6) is 1.74. The van der Waals surface area contributed by atoms with E-state index < -0.39 is 0 Å². The molecule has 2 N–H and O–H groups in total. The van der Waals surface area contributed by atoms with Gasteiger partial charge >= 0.3 is 29.6 Å². The molecule has 0 aromatic heterocycles. The molecule has 1 unspecified atom stereocenters. The summed E-state index contributed by atoms with van der Waals surface area (Å²) in [7, 11) is 0. The summed E-state index contributed by atoms with van der Waals surface area (Å²) in [6.07, 6.45) is 1.08. The molecule has 0 aliphatic heterocycles. The maximum absolute atomic E-state index is 5.58. The Kier molecular flexibility index (Phi) is 10.6. The van der Waals surface area contributed by atoms with E-state index in [2.05, 4.69) is 6.92 Å². The van der Waals surface area contributed by atoms with E-state index in [-0.39, 0.29) is 31.0 Å². The molecule has 0 aliphatic carbocycles. The topological polar surface area (TPSA) is 35.2 Å². The van der Waals surface area contributed by atoms with E-state index in [0.717, 1.165) is 17.9 Å². The fourth-order valence-electron chi connectivity index (χ4n) is 1.11. The van der Waals surface area contributed by atoms with Gasteiger partial charge in [-0.05, 0) is 37.6 Å². The van der Waals surface area contributed by atoms with Crippen LogP contribution in [-0.2, 0) is 0 Å². The fourth-order valence-corrected chi connectivity index (χ4v) is 1.11. The second kappa shape index (κ2) is 11.1. The van der Waals surface area contributed by atoms with Crippen molar-refractivity contribution in [3.63, 3.8) is 0 Å². The quantitative estimate of drug-likeness (QED) is 0.852. The number of benzene rings is 2. The zero-order valence-electron chi connectivity index (χ0n) is 13.0. The SMILES string of the molecule is CCC(C)N.[H-].[Na+].c1ccc(Oc2ccccc2)cc1. The van der Waals surface area contributed by atoms with Gasteiger partial charge in [-0.25, -0.2) is 0 Å². The summed E-state index contributed by atoms with van der Waals surface area (Å²) in [5, 5.41) is 0. The number of ether oxygens (including phenoxy) is 1. The molecule has 19 heavy (non-hydrogen) atoms. The van der Waals surface area contributed by atoms with Crippen LogP contribution in [0.4, 0.5) is 0 Å². The van der Waals surface area contributed by atoms with Crippen LogP contribution in [0.5, 0.6) is 11.5 Å². The zero-order valence-corrected chi connectivity index (χ0v) is 14.0. The van der Waals surface area contributed by atoms with E-state index in [9.17, 15) is 0 Å². The summed E-state index contributed by atoms with van der Waals surface area (Å²) >= 11 is 0. The maximum atomic E-state index is 5.58. The van der Waals surface area contributed by atoms with E-state index in [1.54, 1.807) is 0 Å². The van der Waals surface area contributed by atoms with Crippen molar-refractivity contribution in [1.82, 2.24) is 0 Å². The van der Waals surface area contributed by atoms with Crippen molar-refractivity contribution >= 4 is 0 Å². The minimum Gasteiger partial charge on any atom is -1.00 e. The van der Waals surface area contributed by atoms with E-state index in [4.69, 9.17) is 10.5 Å². The molecule has 0 radical (unpaired) electrons. The second-order valence-electron chi connectivity index (χ2n) is 4.11. The molecule has 2 nitrogen and oxygen atoms in total. The van der Waals surface area contributed by atoms with E-state index in [1.807, 2.05) is 67.6 Å². The predicted octanol–water partition coefficient (Wildman–Crippen LogP) is 1.34. The van der Waals surface area contributed by atoms with Crippen molar-refractivity contribution in [1.29, 1.82) is 0 Å². The minimum atomic E-state index is 0. The molecule has 0 amide bonds. The average molecular weight is 267 g/mol. The van der Waals surface area contributed by atoms with Crippen molar-refractivity contribution in [2.75, 3.05) is 0 Å². The molecule has 0 fully saturated rings. The van der Waals surface area contributed by atoms with Crippen LogP contribution in [0.15, 0.2) is 60.7 Å². The Bertz CT molecular complexity index is 386. The van der Waals surface area contributed by atoms with Gasteiger partial charge in [0.25, 0.3) is 0 Å². The molecular formula is C16H22NNaO. The minimum absolute atomic E-state index is 0. The van der Waals surface area contributed by atoms with Crippen LogP contribution in [0.1, 0.15) is 21.7 Å². The monoisotopic (exact) mass is 267 g/mol. The van der Waals surface area contributed by atoms with Gasteiger partial charge in [0.05, 0.1) is 0 Å². The Labute approximate surface area is 139 Å². The number of para-hydroxylation sites is 2. The number of nitrogens with two attached hydrogens (primary N) is 1. The standard InChI is InChI=1S/C12H10O.C4H11N.Na.H/c1-3-7-11(8-4-1)13-12-9-5-2-6-10-12;1-3-4(2)5;;/h1-10H;4H,3,5H2,1-2H3;;/q;;+1;-1. The van der Waals surface area contributed by atoms with Crippen molar-refractivity contribution < 1.29 is 35.7 Å². The Balaban J connectivity index is 0.